The van der Waals surface area contributed by atoms with Gasteiger partial charge in [0.25, 0.3) is 0 Å². The maximum Gasteiger partial charge on any atom is 0.227 e. The number of aromatic nitrogens is 2. The number of furan rings is 2. The zero-order chi connectivity index (χ0) is 32.3. The topological polar surface area (TPSA) is 55.3 Å². The standard InChI is InChI=1S/C44H27N3O2/c1-2-8-31-27-34(24-15-28(31)7-1)47(32-20-16-29(17-21-32)35-9-3-11-37-39-13-5-25-45-43(39)48-41(35)37)33-22-18-30(19-23-33)36-10-4-12-38-40-14-6-26-46-44(40)49-42(36)38/h1-27H. The number of para-hydroxylation sites is 2. The average Bonchev–Trinajstić information content (AvgIpc) is 3.74. The van der Waals surface area contributed by atoms with Crippen molar-refractivity contribution in [1.29, 1.82) is 0 Å². The number of rotatable bonds is 5. The number of benzene rings is 6. The number of hydrogen-bond donors (Lipinski definition) is 0. The number of pyridine rings is 2. The Morgan fingerprint density at radius 1 is 0.388 bits per heavy atom. The molecule has 6 aromatic carbocycles. The molecule has 0 unspecified atom stereocenters. The van der Waals surface area contributed by atoms with Gasteiger partial charge in [0.1, 0.15) is 11.2 Å². The maximum absolute atomic E-state index is 6.26. The van der Waals surface area contributed by atoms with Crippen molar-refractivity contribution < 1.29 is 8.83 Å². The van der Waals surface area contributed by atoms with Crippen LogP contribution in [0.25, 0.3) is 77.2 Å². The summed E-state index contributed by atoms with van der Waals surface area (Å²) in [6.45, 7) is 0. The summed E-state index contributed by atoms with van der Waals surface area (Å²) in [7, 11) is 0. The normalized spacial score (nSPS) is 11.7. The van der Waals surface area contributed by atoms with Crippen LogP contribution < -0.4 is 4.90 Å². The molecular weight excluding hydrogens is 603 g/mol. The van der Waals surface area contributed by atoms with Crippen LogP contribution >= 0.6 is 0 Å². The zero-order valence-electron chi connectivity index (χ0n) is 26.2. The summed E-state index contributed by atoms with van der Waals surface area (Å²) in [5.41, 5.74) is 10.4. The second-order valence-corrected chi connectivity index (χ2v) is 12.2. The van der Waals surface area contributed by atoms with Gasteiger partial charge < -0.3 is 13.7 Å². The number of nitrogens with zero attached hydrogens (tertiary/aromatic N) is 3. The molecule has 0 radical (unpaired) electrons. The van der Waals surface area contributed by atoms with Gasteiger partial charge in [-0.05, 0) is 82.6 Å². The van der Waals surface area contributed by atoms with E-state index in [4.69, 9.17) is 8.83 Å². The SMILES string of the molecule is c1ccc2cc(N(c3ccc(-c4cccc5c4oc4ncccc45)cc3)c3ccc(-c4cccc5c4oc4ncccc45)cc3)ccc2c1. The van der Waals surface area contributed by atoms with Gasteiger partial charge in [-0.15, -0.1) is 0 Å². The quantitative estimate of drug-likeness (QED) is 0.190. The molecule has 5 nitrogen and oxygen atoms in total. The fourth-order valence-electron chi connectivity index (χ4n) is 7.06. The summed E-state index contributed by atoms with van der Waals surface area (Å²) in [6, 6.07) is 53.1. The van der Waals surface area contributed by atoms with E-state index in [0.717, 1.165) is 72.0 Å². The Morgan fingerprint density at radius 2 is 0.878 bits per heavy atom. The summed E-state index contributed by atoms with van der Waals surface area (Å²) in [5, 5.41) is 6.58. The van der Waals surface area contributed by atoms with Gasteiger partial charge in [0.15, 0.2) is 0 Å². The average molecular weight is 630 g/mol. The van der Waals surface area contributed by atoms with Gasteiger partial charge in [-0.2, -0.15) is 0 Å². The minimum atomic E-state index is 0.653. The molecule has 4 heterocycles. The van der Waals surface area contributed by atoms with E-state index >= 15 is 0 Å². The van der Waals surface area contributed by atoms with E-state index in [9.17, 15) is 0 Å². The molecule has 0 aliphatic heterocycles. The lowest BCUT2D eigenvalue weighted by molar-refractivity contribution is 0.654. The Hall–Kier alpha value is -6.72. The van der Waals surface area contributed by atoms with E-state index in [0.29, 0.717) is 11.4 Å². The first-order valence-corrected chi connectivity index (χ1v) is 16.3. The van der Waals surface area contributed by atoms with Gasteiger partial charge in [0, 0.05) is 62.1 Å². The third-order valence-corrected chi connectivity index (χ3v) is 9.41. The third-order valence-electron chi connectivity index (χ3n) is 9.41. The predicted molar refractivity (Wildman–Crippen MR) is 200 cm³/mol. The molecule has 10 aromatic rings. The lowest BCUT2D eigenvalue weighted by atomic mass is 10.0. The molecule has 0 spiro atoms. The van der Waals surface area contributed by atoms with Gasteiger partial charge in [-0.3, -0.25) is 0 Å². The lowest BCUT2D eigenvalue weighted by Crippen LogP contribution is -2.09. The molecular formula is C44H27N3O2. The smallest absolute Gasteiger partial charge is 0.227 e. The van der Waals surface area contributed by atoms with Crippen molar-refractivity contribution >= 4 is 72.0 Å². The van der Waals surface area contributed by atoms with Crippen molar-refractivity contribution in [1.82, 2.24) is 9.97 Å². The highest BCUT2D eigenvalue weighted by Crippen LogP contribution is 2.41. The van der Waals surface area contributed by atoms with Crippen molar-refractivity contribution in [3.05, 3.63) is 164 Å². The lowest BCUT2D eigenvalue weighted by Gasteiger charge is -2.26. The van der Waals surface area contributed by atoms with Crippen molar-refractivity contribution in [2.75, 3.05) is 4.90 Å². The van der Waals surface area contributed by atoms with E-state index in [2.05, 4.69) is 154 Å². The van der Waals surface area contributed by atoms with Crippen LogP contribution in [-0.4, -0.2) is 9.97 Å². The molecule has 0 N–H and O–H groups in total. The molecule has 5 heteroatoms. The number of fused-ring (bicyclic) bond motifs is 7. The molecule has 0 aliphatic carbocycles. The molecule has 0 saturated carbocycles. The van der Waals surface area contributed by atoms with Crippen molar-refractivity contribution in [2.24, 2.45) is 0 Å². The van der Waals surface area contributed by atoms with Gasteiger partial charge in [0.05, 0.1) is 0 Å². The molecule has 10 rings (SSSR count). The fourth-order valence-corrected chi connectivity index (χ4v) is 7.06. The van der Waals surface area contributed by atoms with Gasteiger partial charge >= 0.3 is 0 Å². The Balaban J connectivity index is 1.08. The predicted octanol–water partition coefficient (Wildman–Crippen LogP) is 12.2. The van der Waals surface area contributed by atoms with E-state index in [1.165, 1.54) is 10.8 Å². The first-order valence-electron chi connectivity index (χ1n) is 16.3. The van der Waals surface area contributed by atoms with E-state index < -0.39 is 0 Å². The Kier molecular flexibility index (Phi) is 6.11. The van der Waals surface area contributed by atoms with Crippen LogP contribution in [0.15, 0.2) is 173 Å². The third kappa shape index (κ3) is 4.48. The molecule has 0 aliphatic rings. The highest BCUT2D eigenvalue weighted by Gasteiger charge is 2.17. The van der Waals surface area contributed by atoms with E-state index in [1.807, 2.05) is 12.1 Å². The number of anilines is 3. The van der Waals surface area contributed by atoms with Crippen LogP contribution in [0.4, 0.5) is 17.1 Å². The summed E-state index contributed by atoms with van der Waals surface area (Å²) < 4.78 is 12.5. The van der Waals surface area contributed by atoms with Gasteiger partial charge in [-0.25, -0.2) is 9.97 Å². The second kappa shape index (κ2) is 10.9. The number of hydrogen-bond acceptors (Lipinski definition) is 5. The summed E-state index contributed by atoms with van der Waals surface area (Å²) in [4.78, 5) is 11.2. The zero-order valence-corrected chi connectivity index (χ0v) is 26.2. The maximum atomic E-state index is 6.26. The Bertz CT molecular complexity index is 2670. The molecule has 0 fully saturated rings. The molecule has 0 saturated heterocycles. The monoisotopic (exact) mass is 629 g/mol. The Morgan fingerprint density at radius 3 is 1.43 bits per heavy atom. The van der Waals surface area contributed by atoms with Crippen LogP contribution in [0.1, 0.15) is 0 Å². The molecule has 49 heavy (non-hydrogen) atoms. The summed E-state index contributed by atoms with van der Waals surface area (Å²) in [6.07, 6.45) is 3.54. The first-order chi connectivity index (χ1) is 24.3. The summed E-state index contributed by atoms with van der Waals surface area (Å²) >= 11 is 0. The minimum Gasteiger partial charge on any atom is -0.437 e. The summed E-state index contributed by atoms with van der Waals surface area (Å²) in [5.74, 6) is 0. The van der Waals surface area contributed by atoms with E-state index in [1.54, 1.807) is 12.4 Å². The molecule has 230 valence electrons. The van der Waals surface area contributed by atoms with Crippen LogP contribution in [0.2, 0.25) is 0 Å². The van der Waals surface area contributed by atoms with E-state index in [-0.39, 0.29) is 0 Å². The molecule has 0 atom stereocenters. The molecule has 4 aromatic heterocycles. The molecule has 0 bridgehead atoms. The van der Waals surface area contributed by atoms with Gasteiger partial charge in [-0.1, -0.05) is 91.0 Å². The van der Waals surface area contributed by atoms with Crippen molar-refractivity contribution in [3.8, 4) is 22.3 Å². The first kappa shape index (κ1) is 27.4. The highest BCUT2D eigenvalue weighted by atomic mass is 16.3. The van der Waals surface area contributed by atoms with Crippen LogP contribution in [-0.2, 0) is 0 Å². The van der Waals surface area contributed by atoms with Gasteiger partial charge in [0.2, 0.25) is 11.4 Å². The van der Waals surface area contributed by atoms with Crippen molar-refractivity contribution in [3.63, 3.8) is 0 Å². The second-order valence-electron chi connectivity index (χ2n) is 12.2. The van der Waals surface area contributed by atoms with Crippen LogP contribution in [0.5, 0.6) is 0 Å². The van der Waals surface area contributed by atoms with Crippen LogP contribution in [0.3, 0.4) is 0 Å². The Labute approximate surface area is 281 Å². The highest BCUT2D eigenvalue weighted by molar-refractivity contribution is 6.09. The minimum absolute atomic E-state index is 0.653. The van der Waals surface area contributed by atoms with Crippen LogP contribution in [0, 0.1) is 0 Å². The largest absolute Gasteiger partial charge is 0.437 e. The molecule has 0 amide bonds. The fraction of sp³-hybridized carbons (Fsp3) is 0. The van der Waals surface area contributed by atoms with Crippen molar-refractivity contribution in [2.45, 2.75) is 0 Å².